The van der Waals surface area contributed by atoms with Crippen LogP contribution in [0.3, 0.4) is 0 Å². The molecule has 0 aromatic heterocycles. The van der Waals surface area contributed by atoms with E-state index >= 15 is 0 Å². The summed E-state index contributed by atoms with van der Waals surface area (Å²) >= 11 is 5.91. The first-order chi connectivity index (χ1) is 12.1. The van der Waals surface area contributed by atoms with E-state index in [1.54, 1.807) is 24.3 Å². The van der Waals surface area contributed by atoms with Crippen molar-refractivity contribution in [3.05, 3.63) is 82.9 Å². The first kappa shape index (κ1) is 18.2. The molecule has 0 spiro atoms. The van der Waals surface area contributed by atoms with E-state index in [0.29, 0.717) is 22.8 Å². The minimum Gasteiger partial charge on any atom is -0.487 e. The summed E-state index contributed by atoms with van der Waals surface area (Å²) in [6.07, 6.45) is 2.76. The largest absolute Gasteiger partial charge is 0.487 e. The van der Waals surface area contributed by atoms with Crippen molar-refractivity contribution >= 4 is 11.6 Å². The number of nitrogens with zero attached hydrogens (tertiary/aromatic N) is 1. The number of hydroxylamine groups is 1. The molecular formula is C18H15ClFN3O2. The summed E-state index contributed by atoms with van der Waals surface area (Å²) in [5, 5.41) is 9.07. The molecule has 7 heteroatoms. The number of allylic oxidation sites excluding steroid dienone is 2. The quantitative estimate of drug-likeness (QED) is 0.583. The average molecular weight is 360 g/mol. The van der Waals surface area contributed by atoms with E-state index in [4.69, 9.17) is 32.2 Å². The number of hydrogen-bond donors (Lipinski definition) is 2. The van der Waals surface area contributed by atoms with Crippen molar-refractivity contribution in [1.29, 1.82) is 5.26 Å². The molecular weight excluding hydrogens is 345 g/mol. The minimum atomic E-state index is -0.348. The standard InChI is InChI=1S/C18H15ClFN3O2/c19-14(11-22)9-16(12-24-17-7-3-15(20)4-8-17)23-25-18-5-1-13(10-21)2-6-18/h1-9,11,23H,12,22H2/b14-11+,16-9+. The maximum Gasteiger partial charge on any atom is 0.155 e. The highest BCUT2D eigenvalue weighted by Gasteiger charge is 2.03. The Kier molecular flexibility index (Phi) is 6.69. The third kappa shape index (κ3) is 6.09. The molecule has 0 saturated carbocycles. The molecule has 2 aromatic rings. The van der Waals surface area contributed by atoms with Gasteiger partial charge in [-0.2, -0.15) is 5.26 Å². The Labute approximate surface area is 149 Å². The molecule has 25 heavy (non-hydrogen) atoms. The smallest absolute Gasteiger partial charge is 0.155 e. The molecule has 0 amide bonds. The van der Waals surface area contributed by atoms with Crippen molar-refractivity contribution in [2.24, 2.45) is 5.73 Å². The molecule has 128 valence electrons. The molecule has 0 heterocycles. The molecule has 0 fully saturated rings. The summed E-state index contributed by atoms with van der Waals surface area (Å²) in [4.78, 5) is 5.43. The number of benzene rings is 2. The number of hydrogen-bond acceptors (Lipinski definition) is 5. The van der Waals surface area contributed by atoms with Crippen molar-refractivity contribution in [2.45, 2.75) is 0 Å². The predicted molar refractivity (Wildman–Crippen MR) is 93.0 cm³/mol. The second kappa shape index (κ2) is 9.21. The van der Waals surface area contributed by atoms with E-state index in [2.05, 4.69) is 5.48 Å². The van der Waals surface area contributed by atoms with E-state index in [9.17, 15) is 4.39 Å². The van der Waals surface area contributed by atoms with Gasteiger partial charge in [0.15, 0.2) is 5.75 Å². The fraction of sp³-hybridized carbons (Fsp3) is 0.0556. The van der Waals surface area contributed by atoms with Crippen molar-refractivity contribution in [1.82, 2.24) is 5.48 Å². The average Bonchev–Trinajstić information content (AvgIpc) is 2.65. The van der Waals surface area contributed by atoms with Crippen LogP contribution in [0.15, 0.2) is 71.5 Å². The van der Waals surface area contributed by atoms with Gasteiger partial charge in [-0.1, -0.05) is 11.6 Å². The number of rotatable bonds is 7. The third-order valence-electron chi connectivity index (χ3n) is 2.96. The second-order valence-corrected chi connectivity index (χ2v) is 5.24. The number of nitrogens with one attached hydrogen (secondary N) is 1. The van der Waals surface area contributed by atoms with Gasteiger partial charge < -0.3 is 15.3 Å². The number of halogens is 2. The predicted octanol–water partition coefficient (Wildman–Crippen LogP) is 3.58. The van der Waals surface area contributed by atoms with Gasteiger partial charge in [0.05, 0.1) is 22.4 Å². The first-order valence-corrected chi connectivity index (χ1v) is 7.58. The molecule has 0 unspecified atom stereocenters. The molecule has 0 atom stereocenters. The SMILES string of the molecule is N#Cc1ccc(ON/C(=C/C(Cl)=C\N)COc2ccc(F)cc2)cc1. The van der Waals surface area contributed by atoms with Crippen LogP contribution in [0.2, 0.25) is 0 Å². The van der Waals surface area contributed by atoms with Crippen LogP contribution < -0.4 is 20.8 Å². The third-order valence-corrected chi connectivity index (χ3v) is 3.20. The van der Waals surface area contributed by atoms with Crippen LogP contribution in [0.5, 0.6) is 11.5 Å². The maximum absolute atomic E-state index is 12.9. The minimum absolute atomic E-state index is 0.0893. The van der Waals surface area contributed by atoms with Crippen molar-refractivity contribution in [2.75, 3.05) is 6.61 Å². The highest BCUT2D eigenvalue weighted by atomic mass is 35.5. The second-order valence-electron chi connectivity index (χ2n) is 4.80. The number of ether oxygens (including phenoxy) is 1. The van der Waals surface area contributed by atoms with E-state index < -0.39 is 0 Å². The zero-order valence-corrected chi connectivity index (χ0v) is 13.8. The summed E-state index contributed by atoms with van der Waals surface area (Å²) in [5.74, 6) is 0.638. The maximum atomic E-state index is 12.9. The van der Waals surface area contributed by atoms with Gasteiger partial charge in [0, 0.05) is 6.20 Å². The Morgan fingerprint density at radius 2 is 1.80 bits per heavy atom. The molecule has 0 aliphatic heterocycles. The van der Waals surface area contributed by atoms with Crippen molar-refractivity contribution in [3.8, 4) is 17.6 Å². The summed E-state index contributed by atoms with van der Waals surface area (Å²) < 4.78 is 18.5. The highest BCUT2D eigenvalue weighted by molar-refractivity contribution is 6.31. The summed E-state index contributed by atoms with van der Waals surface area (Å²) in [6.45, 7) is 0.0893. The molecule has 0 saturated heterocycles. The summed E-state index contributed by atoms with van der Waals surface area (Å²) in [5.41, 5.74) is 9.09. The Bertz CT molecular complexity index is 797. The lowest BCUT2D eigenvalue weighted by atomic mass is 10.2. The number of nitrogens with two attached hydrogens (primary N) is 1. The van der Waals surface area contributed by atoms with Crippen LogP contribution in [-0.4, -0.2) is 6.61 Å². The molecule has 0 aliphatic carbocycles. The topological polar surface area (TPSA) is 80.3 Å². The first-order valence-electron chi connectivity index (χ1n) is 7.20. The van der Waals surface area contributed by atoms with Gasteiger partial charge in [-0.05, 0) is 54.6 Å². The summed E-state index contributed by atoms with van der Waals surface area (Å²) in [6, 6.07) is 14.2. The normalized spacial score (nSPS) is 11.6. The summed E-state index contributed by atoms with van der Waals surface area (Å²) in [7, 11) is 0. The van der Waals surface area contributed by atoms with E-state index in [1.165, 1.54) is 36.5 Å². The molecule has 2 rings (SSSR count). The van der Waals surface area contributed by atoms with E-state index in [1.807, 2.05) is 6.07 Å². The van der Waals surface area contributed by atoms with Crippen LogP contribution in [0.4, 0.5) is 4.39 Å². The van der Waals surface area contributed by atoms with Gasteiger partial charge in [-0.15, -0.1) is 0 Å². The molecule has 0 radical (unpaired) electrons. The van der Waals surface area contributed by atoms with Crippen LogP contribution >= 0.6 is 11.6 Å². The van der Waals surface area contributed by atoms with Crippen molar-refractivity contribution in [3.63, 3.8) is 0 Å². The molecule has 5 nitrogen and oxygen atoms in total. The fourth-order valence-electron chi connectivity index (χ4n) is 1.73. The lowest BCUT2D eigenvalue weighted by Crippen LogP contribution is -2.22. The van der Waals surface area contributed by atoms with Gasteiger partial charge in [0.2, 0.25) is 0 Å². The van der Waals surface area contributed by atoms with Gasteiger partial charge in [0.1, 0.15) is 18.2 Å². The van der Waals surface area contributed by atoms with Crippen LogP contribution in [0.25, 0.3) is 0 Å². The van der Waals surface area contributed by atoms with Crippen molar-refractivity contribution < 1.29 is 14.0 Å². The lowest BCUT2D eigenvalue weighted by molar-refractivity contribution is 0.206. The molecule has 0 bridgehead atoms. The fourth-order valence-corrected chi connectivity index (χ4v) is 1.86. The highest BCUT2D eigenvalue weighted by Crippen LogP contribution is 2.14. The van der Waals surface area contributed by atoms with Crippen LogP contribution in [0, 0.1) is 17.1 Å². The molecule has 0 aliphatic rings. The van der Waals surface area contributed by atoms with Crippen LogP contribution in [0.1, 0.15) is 5.56 Å². The monoisotopic (exact) mass is 359 g/mol. The zero-order valence-electron chi connectivity index (χ0n) is 13.1. The molecule has 2 aromatic carbocycles. The zero-order chi connectivity index (χ0) is 18.1. The van der Waals surface area contributed by atoms with Gasteiger partial charge in [0.25, 0.3) is 0 Å². The lowest BCUT2D eigenvalue weighted by Gasteiger charge is -2.13. The van der Waals surface area contributed by atoms with E-state index in [0.717, 1.165) is 0 Å². The Balaban J connectivity index is 2.01. The Morgan fingerprint density at radius 1 is 1.16 bits per heavy atom. The van der Waals surface area contributed by atoms with Crippen LogP contribution in [-0.2, 0) is 0 Å². The van der Waals surface area contributed by atoms with Gasteiger partial charge >= 0.3 is 0 Å². The Morgan fingerprint density at radius 3 is 2.40 bits per heavy atom. The van der Waals surface area contributed by atoms with Gasteiger partial charge in [-0.3, -0.25) is 0 Å². The molecule has 3 N–H and O–H groups in total. The van der Waals surface area contributed by atoms with E-state index in [-0.39, 0.29) is 17.5 Å². The van der Waals surface area contributed by atoms with Gasteiger partial charge in [-0.25, -0.2) is 9.87 Å². The Hall–Kier alpha value is -3.17. The number of nitriles is 1.